The highest BCUT2D eigenvalue weighted by Gasteiger charge is 2.25. The van der Waals surface area contributed by atoms with Crippen LogP contribution in [0.2, 0.25) is 0 Å². The number of nitrogens with zero attached hydrogens (tertiary/aromatic N) is 1. The van der Waals surface area contributed by atoms with Crippen LogP contribution in [-0.2, 0) is 16.0 Å². The minimum absolute atomic E-state index is 0.0644. The van der Waals surface area contributed by atoms with Crippen LogP contribution in [0, 0.1) is 0 Å². The first kappa shape index (κ1) is 23.6. The number of benzene rings is 2. The molecule has 0 saturated carbocycles. The Kier molecular flexibility index (Phi) is 6.94. The quantitative estimate of drug-likeness (QED) is 0.367. The molecule has 0 spiro atoms. The van der Waals surface area contributed by atoms with Crippen molar-refractivity contribution in [1.29, 1.82) is 0 Å². The summed E-state index contributed by atoms with van der Waals surface area (Å²) >= 11 is 3.47. The number of likely N-dealkylation sites (tertiary alicyclic amines) is 1. The molecule has 0 radical (unpaired) electrons. The Balaban J connectivity index is 1.34. The van der Waals surface area contributed by atoms with Crippen molar-refractivity contribution in [2.45, 2.75) is 58.0 Å². The number of furan rings is 1. The third kappa shape index (κ3) is 5.85. The second kappa shape index (κ2) is 9.72. The Labute approximate surface area is 203 Å². The number of piperidine rings is 1. The lowest BCUT2D eigenvalue weighted by molar-refractivity contribution is -0.154. The largest absolute Gasteiger partial charge is 0.463 e. The minimum atomic E-state index is -0.453. The fourth-order valence-electron chi connectivity index (χ4n) is 4.37. The molecule has 0 atom stereocenters. The molecule has 0 N–H and O–H groups in total. The summed E-state index contributed by atoms with van der Waals surface area (Å²) in [5.41, 5.74) is 3.43. The van der Waals surface area contributed by atoms with Crippen LogP contribution in [-0.4, -0.2) is 35.5 Å². The molecule has 0 aliphatic carbocycles. The van der Waals surface area contributed by atoms with E-state index >= 15 is 0 Å². The molecular formula is C27H30BrNO4. The lowest BCUT2D eigenvalue weighted by Crippen LogP contribution is -2.37. The van der Waals surface area contributed by atoms with Crippen LogP contribution < -0.4 is 0 Å². The predicted octanol–water partition coefficient (Wildman–Crippen LogP) is 6.49. The molecule has 1 aliphatic rings. The predicted molar refractivity (Wildman–Crippen MR) is 132 cm³/mol. The van der Waals surface area contributed by atoms with E-state index in [-0.39, 0.29) is 11.9 Å². The Morgan fingerprint density at radius 3 is 2.61 bits per heavy atom. The van der Waals surface area contributed by atoms with E-state index in [4.69, 9.17) is 9.15 Å². The number of hydrogen-bond donors (Lipinski definition) is 0. The average molecular weight is 512 g/mol. The van der Waals surface area contributed by atoms with Crippen molar-refractivity contribution in [3.8, 4) is 0 Å². The third-order valence-electron chi connectivity index (χ3n) is 6.02. The molecule has 6 heteroatoms. The van der Waals surface area contributed by atoms with Gasteiger partial charge in [0.2, 0.25) is 0 Å². The van der Waals surface area contributed by atoms with E-state index in [1.54, 1.807) is 6.26 Å². The summed E-state index contributed by atoms with van der Waals surface area (Å²) < 4.78 is 11.7. The summed E-state index contributed by atoms with van der Waals surface area (Å²) in [5, 5.41) is 0.916. The summed E-state index contributed by atoms with van der Waals surface area (Å²) in [7, 11) is 0. The van der Waals surface area contributed by atoms with Crippen LogP contribution in [0.15, 0.2) is 57.6 Å². The third-order valence-corrected chi connectivity index (χ3v) is 6.63. The standard InChI is InChI=1S/C27H30BrNO4/c1-27(2,3)33-25(30)10-7-18-5-4-6-20(15-18)19-11-13-29(14-12-19)26(31)21-8-9-24-22(16-21)23(28)17-32-24/h4-6,8-9,15-17,19H,7,10-14H2,1-3H3. The van der Waals surface area contributed by atoms with Gasteiger partial charge >= 0.3 is 5.97 Å². The van der Waals surface area contributed by atoms with E-state index in [1.807, 2.05) is 43.9 Å². The molecule has 1 fully saturated rings. The van der Waals surface area contributed by atoms with Gasteiger partial charge in [0.15, 0.2) is 0 Å². The zero-order valence-corrected chi connectivity index (χ0v) is 21.0. The maximum absolute atomic E-state index is 13.1. The lowest BCUT2D eigenvalue weighted by atomic mass is 9.88. The van der Waals surface area contributed by atoms with Crippen LogP contribution >= 0.6 is 15.9 Å². The number of amides is 1. The molecule has 174 valence electrons. The Morgan fingerprint density at radius 2 is 1.88 bits per heavy atom. The van der Waals surface area contributed by atoms with Crippen molar-refractivity contribution in [2.24, 2.45) is 0 Å². The molecule has 1 saturated heterocycles. The van der Waals surface area contributed by atoms with Crippen molar-refractivity contribution >= 4 is 38.8 Å². The number of carbonyl (C=O) groups is 2. The normalized spacial score (nSPS) is 15.1. The smallest absolute Gasteiger partial charge is 0.306 e. The number of fused-ring (bicyclic) bond motifs is 1. The molecule has 2 heterocycles. The van der Waals surface area contributed by atoms with Crippen molar-refractivity contribution in [1.82, 2.24) is 4.90 Å². The Hall–Kier alpha value is -2.60. The van der Waals surface area contributed by atoms with E-state index in [1.165, 1.54) is 5.56 Å². The van der Waals surface area contributed by atoms with Crippen LogP contribution in [0.1, 0.15) is 67.4 Å². The van der Waals surface area contributed by atoms with E-state index in [0.29, 0.717) is 24.3 Å². The zero-order valence-electron chi connectivity index (χ0n) is 19.4. The SMILES string of the molecule is CC(C)(C)OC(=O)CCc1cccc(C2CCN(C(=O)c3ccc4occ(Br)c4c3)CC2)c1. The molecule has 1 aliphatic heterocycles. The highest BCUT2D eigenvalue weighted by atomic mass is 79.9. The van der Waals surface area contributed by atoms with Crippen LogP contribution in [0.3, 0.4) is 0 Å². The topological polar surface area (TPSA) is 59.8 Å². The van der Waals surface area contributed by atoms with Gasteiger partial charge < -0.3 is 14.1 Å². The highest BCUT2D eigenvalue weighted by molar-refractivity contribution is 9.10. The molecule has 2 aromatic carbocycles. The number of halogens is 1. The van der Waals surface area contributed by atoms with E-state index in [9.17, 15) is 9.59 Å². The van der Waals surface area contributed by atoms with Crippen LogP contribution in [0.5, 0.6) is 0 Å². The lowest BCUT2D eigenvalue weighted by Gasteiger charge is -2.32. The van der Waals surface area contributed by atoms with Crippen molar-refractivity contribution in [3.05, 3.63) is 69.9 Å². The first-order valence-electron chi connectivity index (χ1n) is 11.5. The van der Waals surface area contributed by atoms with Gasteiger partial charge in [-0.25, -0.2) is 0 Å². The number of carbonyl (C=O) groups excluding carboxylic acids is 2. The molecule has 1 aromatic heterocycles. The van der Waals surface area contributed by atoms with Crippen LogP contribution in [0.25, 0.3) is 11.0 Å². The highest BCUT2D eigenvalue weighted by Crippen LogP contribution is 2.31. The summed E-state index contributed by atoms with van der Waals surface area (Å²) in [5.74, 6) is 0.316. The fraction of sp³-hybridized carbons (Fsp3) is 0.407. The monoisotopic (exact) mass is 511 g/mol. The van der Waals surface area contributed by atoms with Gasteiger partial charge in [-0.15, -0.1) is 0 Å². The van der Waals surface area contributed by atoms with Gasteiger partial charge in [0, 0.05) is 30.5 Å². The number of ether oxygens (including phenoxy) is 1. The molecule has 0 bridgehead atoms. The minimum Gasteiger partial charge on any atom is -0.463 e. The van der Waals surface area contributed by atoms with Crippen molar-refractivity contribution in [3.63, 3.8) is 0 Å². The molecule has 5 nitrogen and oxygen atoms in total. The Bertz CT molecular complexity index is 1150. The molecule has 1 amide bonds. The second-order valence-electron chi connectivity index (χ2n) is 9.69. The summed E-state index contributed by atoms with van der Waals surface area (Å²) in [6, 6.07) is 14.1. The van der Waals surface area contributed by atoms with Gasteiger partial charge in [0.1, 0.15) is 17.4 Å². The van der Waals surface area contributed by atoms with E-state index in [2.05, 4.69) is 40.2 Å². The molecule has 3 aromatic rings. The first-order valence-corrected chi connectivity index (χ1v) is 12.3. The van der Waals surface area contributed by atoms with Crippen molar-refractivity contribution < 1.29 is 18.7 Å². The molecular weight excluding hydrogens is 482 g/mol. The van der Waals surface area contributed by atoms with Gasteiger partial charge in [-0.2, -0.15) is 0 Å². The van der Waals surface area contributed by atoms with Crippen molar-refractivity contribution in [2.75, 3.05) is 13.1 Å². The number of aryl methyl sites for hydroxylation is 1. The summed E-state index contributed by atoms with van der Waals surface area (Å²) in [6.07, 6.45) is 4.56. The number of rotatable bonds is 5. The average Bonchev–Trinajstić information content (AvgIpc) is 3.16. The van der Waals surface area contributed by atoms with Gasteiger partial charge in [-0.3, -0.25) is 9.59 Å². The first-order chi connectivity index (χ1) is 15.7. The second-order valence-corrected chi connectivity index (χ2v) is 10.5. The van der Waals surface area contributed by atoms with Gasteiger partial charge in [-0.1, -0.05) is 24.3 Å². The van der Waals surface area contributed by atoms with Crippen LogP contribution in [0.4, 0.5) is 0 Å². The van der Waals surface area contributed by atoms with Gasteiger partial charge in [0.25, 0.3) is 5.91 Å². The maximum Gasteiger partial charge on any atom is 0.306 e. The number of hydrogen-bond acceptors (Lipinski definition) is 4. The van der Waals surface area contributed by atoms with E-state index < -0.39 is 5.60 Å². The zero-order chi connectivity index (χ0) is 23.6. The molecule has 0 unspecified atom stereocenters. The van der Waals surface area contributed by atoms with E-state index in [0.717, 1.165) is 46.9 Å². The number of esters is 1. The summed E-state index contributed by atoms with van der Waals surface area (Å²) in [6.45, 7) is 7.12. The molecule has 33 heavy (non-hydrogen) atoms. The van der Waals surface area contributed by atoms with Gasteiger partial charge in [-0.05, 0) is 91.2 Å². The fourth-order valence-corrected chi connectivity index (χ4v) is 4.77. The summed E-state index contributed by atoms with van der Waals surface area (Å²) in [4.78, 5) is 27.0. The van der Waals surface area contributed by atoms with Gasteiger partial charge in [0.05, 0.1) is 4.47 Å². The Morgan fingerprint density at radius 1 is 1.12 bits per heavy atom. The maximum atomic E-state index is 13.1. The molecule has 4 rings (SSSR count).